The summed E-state index contributed by atoms with van der Waals surface area (Å²) >= 11 is 0. The Kier molecular flexibility index (Phi) is 10.3. The van der Waals surface area contributed by atoms with Crippen LogP contribution in [0.3, 0.4) is 0 Å². The predicted molar refractivity (Wildman–Crippen MR) is 89.4 cm³/mol. The molecular weight excluding hydrogens is 332 g/mol. The van der Waals surface area contributed by atoms with Gasteiger partial charge in [-0.1, -0.05) is 0 Å². The first-order chi connectivity index (χ1) is 11.6. The molecule has 0 aromatic rings. The van der Waals surface area contributed by atoms with E-state index in [2.05, 4.69) is 16.0 Å². The standard InChI is InChI=1S/C14H26N6O5/c1-8(19-10(21)5-2-6-11(22)23)13(25)20-9(12(15)24)4-3-7-18-14(16)17/h8-9H,2-7H2,1H3,(H2,15,24)(H,19,21)(H,20,25)(H,22,23)(H4,16,17,18)/t8-,9-/m1/s1. The molecule has 0 bridgehead atoms. The maximum atomic E-state index is 12.0. The summed E-state index contributed by atoms with van der Waals surface area (Å²) in [6, 6.07) is -1.80. The second-order valence-corrected chi connectivity index (χ2v) is 5.48. The smallest absolute Gasteiger partial charge is 0.303 e. The number of primary amides is 1. The summed E-state index contributed by atoms with van der Waals surface area (Å²) in [5, 5.41) is 22.9. The number of carboxylic acid groups (broad SMARTS) is 1. The topological polar surface area (TPSA) is 200 Å². The van der Waals surface area contributed by atoms with Gasteiger partial charge in [0, 0.05) is 19.4 Å². The summed E-state index contributed by atoms with van der Waals surface area (Å²) in [4.78, 5) is 45.4. The number of rotatable bonds is 12. The lowest BCUT2D eigenvalue weighted by molar-refractivity contribution is -0.137. The summed E-state index contributed by atoms with van der Waals surface area (Å²) in [6.45, 7) is 1.80. The molecule has 9 N–H and O–H groups in total. The van der Waals surface area contributed by atoms with E-state index < -0.39 is 35.8 Å². The van der Waals surface area contributed by atoms with Crippen LogP contribution in [0.4, 0.5) is 0 Å². The van der Waals surface area contributed by atoms with Crippen molar-refractivity contribution in [2.75, 3.05) is 6.54 Å². The van der Waals surface area contributed by atoms with E-state index in [0.29, 0.717) is 13.0 Å². The molecule has 0 radical (unpaired) electrons. The van der Waals surface area contributed by atoms with Crippen molar-refractivity contribution in [3.63, 3.8) is 0 Å². The Morgan fingerprint density at radius 3 is 2.24 bits per heavy atom. The highest BCUT2D eigenvalue weighted by molar-refractivity contribution is 5.91. The third-order valence-electron chi connectivity index (χ3n) is 3.21. The third-order valence-corrected chi connectivity index (χ3v) is 3.21. The normalized spacial score (nSPS) is 12.5. The highest BCUT2D eigenvalue weighted by Gasteiger charge is 2.22. The fourth-order valence-corrected chi connectivity index (χ4v) is 1.89. The number of guanidine groups is 1. The molecule has 0 aliphatic carbocycles. The van der Waals surface area contributed by atoms with Crippen molar-refractivity contribution in [1.82, 2.24) is 16.0 Å². The van der Waals surface area contributed by atoms with E-state index in [1.54, 1.807) is 0 Å². The first kappa shape index (κ1) is 22.1. The Labute approximate surface area is 145 Å². The number of carbonyl (C=O) groups excluding carboxylic acids is 3. The van der Waals surface area contributed by atoms with Crippen LogP contribution in [0.25, 0.3) is 0 Å². The van der Waals surface area contributed by atoms with Crippen molar-refractivity contribution in [1.29, 1.82) is 5.41 Å². The zero-order chi connectivity index (χ0) is 19.4. The quantitative estimate of drug-likeness (QED) is 0.118. The van der Waals surface area contributed by atoms with Gasteiger partial charge in [-0.25, -0.2) is 0 Å². The van der Waals surface area contributed by atoms with E-state index in [-0.39, 0.29) is 31.6 Å². The second kappa shape index (κ2) is 11.6. The number of amides is 3. The van der Waals surface area contributed by atoms with Crippen molar-refractivity contribution < 1.29 is 24.3 Å². The molecule has 0 spiro atoms. The molecule has 11 nitrogen and oxygen atoms in total. The third kappa shape index (κ3) is 11.3. The fourth-order valence-electron chi connectivity index (χ4n) is 1.89. The van der Waals surface area contributed by atoms with E-state index >= 15 is 0 Å². The van der Waals surface area contributed by atoms with Gasteiger partial charge in [0.15, 0.2) is 5.96 Å². The molecule has 0 saturated carbocycles. The Morgan fingerprint density at radius 2 is 1.72 bits per heavy atom. The Balaban J connectivity index is 4.29. The largest absolute Gasteiger partial charge is 0.481 e. The van der Waals surface area contributed by atoms with Gasteiger partial charge in [0.2, 0.25) is 17.7 Å². The van der Waals surface area contributed by atoms with Gasteiger partial charge < -0.3 is 32.5 Å². The lowest BCUT2D eigenvalue weighted by Gasteiger charge is -2.19. The number of nitrogens with two attached hydrogens (primary N) is 2. The number of nitrogens with one attached hydrogen (secondary N) is 4. The van der Waals surface area contributed by atoms with Crippen LogP contribution in [-0.2, 0) is 19.2 Å². The second-order valence-electron chi connectivity index (χ2n) is 5.48. The van der Waals surface area contributed by atoms with E-state index in [0.717, 1.165) is 0 Å². The Hall–Kier alpha value is -2.85. The van der Waals surface area contributed by atoms with Gasteiger partial charge in [-0.3, -0.25) is 24.6 Å². The van der Waals surface area contributed by atoms with E-state index in [9.17, 15) is 19.2 Å². The van der Waals surface area contributed by atoms with Gasteiger partial charge in [-0.05, 0) is 26.2 Å². The monoisotopic (exact) mass is 358 g/mol. The summed E-state index contributed by atoms with van der Waals surface area (Å²) in [5.74, 6) is -2.93. The number of carbonyl (C=O) groups is 4. The molecule has 0 saturated heterocycles. The zero-order valence-electron chi connectivity index (χ0n) is 14.1. The minimum absolute atomic E-state index is 0.0140. The summed E-state index contributed by atoms with van der Waals surface area (Å²) in [6.07, 6.45) is 0.721. The maximum absolute atomic E-state index is 12.0. The fraction of sp³-hybridized carbons (Fsp3) is 0.643. The summed E-state index contributed by atoms with van der Waals surface area (Å²) in [7, 11) is 0. The van der Waals surface area contributed by atoms with Gasteiger partial charge >= 0.3 is 5.97 Å². The van der Waals surface area contributed by atoms with Crippen molar-refractivity contribution in [2.24, 2.45) is 11.5 Å². The lowest BCUT2D eigenvalue weighted by atomic mass is 10.1. The highest BCUT2D eigenvalue weighted by Crippen LogP contribution is 1.99. The van der Waals surface area contributed by atoms with E-state index in [1.807, 2.05) is 0 Å². The van der Waals surface area contributed by atoms with Gasteiger partial charge in [-0.2, -0.15) is 0 Å². The molecular formula is C14H26N6O5. The molecule has 0 heterocycles. The Bertz CT molecular complexity index is 510. The molecule has 0 unspecified atom stereocenters. The van der Waals surface area contributed by atoms with Gasteiger partial charge in [0.05, 0.1) is 0 Å². The summed E-state index contributed by atoms with van der Waals surface area (Å²) < 4.78 is 0. The van der Waals surface area contributed by atoms with Gasteiger partial charge in [0.25, 0.3) is 0 Å². The molecule has 2 atom stereocenters. The van der Waals surface area contributed by atoms with Crippen LogP contribution in [-0.4, -0.2) is 53.4 Å². The van der Waals surface area contributed by atoms with Crippen LogP contribution < -0.4 is 27.4 Å². The van der Waals surface area contributed by atoms with Crippen molar-refractivity contribution in [3.05, 3.63) is 0 Å². The molecule has 3 amide bonds. The van der Waals surface area contributed by atoms with Crippen LogP contribution in [0.2, 0.25) is 0 Å². The van der Waals surface area contributed by atoms with E-state index in [1.165, 1.54) is 6.92 Å². The first-order valence-electron chi connectivity index (χ1n) is 7.82. The van der Waals surface area contributed by atoms with Crippen molar-refractivity contribution in [3.8, 4) is 0 Å². The predicted octanol–water partition coefficient (Wildman–Crippen LogP) is -2.02. The van der Waals surface area contributed by atoms with Gasteiger partial charge in [-0.15, -0.1) is 0 Å². The van der Waals surface area contributed by atoms with Crippen LogP contribution in [0.5, 0.6) is 0 Å². The molecule has 0 aromatic carbocycles. The molecule has 25 heavy (non-hydrogen) atoms. The molecule has 11 heteroatoms. The number of hydrogen-bond acceptors (Lipinski definition) is 5. The SMILES string of the molecule is C[C@@H](NC(=O)CCCC(=O)O)C(=O)N[C@H](CCCNC(=N)N)C(N)=O. The van der Waals surface area contributed by atoms with Crippen LogP contribution >= 0.6 is 0 Å². The highest BCUT2D eigenvalue weighted by atomic mass is 16.4. The van der Waals surface area contributed by atoms with Crippen molar-refractivity contribution >= 4 is 29.7 Å². The molecule has 0 aliphatic rings. The Morgan fingerprint density at radius 1 is 1.08 bits per heavy atom. The molecule has 0 rings (SSSR count). The average molecular weight is 358 g/mol. The van der Waals surface area contributed by atoms with Crippen LogP contribution in [0.15, 0.2) is 0 Å². The maximum Gasteiger partial charge on any atom is 0.303 e. The molecule has 0 aliphatic heterocycles. The molecule has 0 aromatic heterocycles. The first-order valence-corrected chi connectivity index (χ1v) is 7.82. The minimum Gasteiger partial charge on any atom is -0.481 e. The van der Waals surface area contributed by atoms with Crippen LogP contribution in [0, 0.1) is 5.41 Å². The number of carboxylic acids is 1. The minimum atomic E-state index is -0.998. The number of hydrogen-bond donors (Lipinski definition) is 7. The molecule has 0 fully saturated rings. The summed E-state index contributed by atoms with van der Waals surface area (Å²) in [5.41, 5.74) is 10.4. The van der Waals surface area contributed by atoms with Gasteiger partial charge in [0.1, 0.15) is 12.1 Å². The molecule has 142 valence electrons. The van der Waals surface area contributed by atoms with Crippen LogP contribution in [0.1, 0.15) is 39.0 Å². The van der Waals surface area contributed by atoms with E-state index in [4.69, 9.17) is 22.0 Å². The van der Waals surface area contributed by atoms with Crippen molar-refractivity contribution in [2.45, 2.75) is 51.1 Å². The lowest BCUT2D eigenvalue weighted by Crippen LogP contribution is -2.52. The number of aliphatic carboxylic acids is 1. The zero-order valence-corrected chi connectivity index (χ0v) is 14.1. The average Bonchev–Trinajstić information content (AvgIpc) is 2.48.